The highest BCUT2D eigenvalue weighted by Crippen LogP contribution is 2.21. The van der Waals surface area contributed by atoms with Crippen LogP contribution in [0.1, 0.15) is 32.3 Å². The topological polar surface area (TPSA) is 95.8 Å². The minimum Gasteiger partial charge on any atom is -0.492 e. The van der Waals surface area contributed by atoms with E-state index in [1.807, 2.05) is 14.1 Å². The standard InChI is InChI=1S/C24H35FN4O4S.C2H7N/c1-18(2)15-27-24(33-26-3)29-9-7-20(8-10-29)28(4)11-12-32-21-6-5-19(23(25)14-21)13-22(16-30)34-17-31;1-3-2/h5-6,14,16-18,20,22H,3,7-13,15H2,1-2,4H3;3H,1-2H3. The number of piperidine rings is 1. The molecule has 1 N–H and O–H groups in total. The van der Waals surface area contributed by atoms with E-state index < -0.39 is 11.1 Å². The van der Waals surface area contributed by atoms with Crippen LogP contribution in [-0.4, -0.2) is 99.7 Å². The van der Waals surface area contributed by atoms with Gasteiger partial charge in [0.2, 0.25) is 0 Å². The van der Waals surface area contributed by atoms with E-state index in [1.165, 1.54) is 6.07 Å². The molecule has 1 heterocycles. The second-order valence-electron chi connectivity index (χ2n) is 9.15. The molecule has 0 radical (unpaired) electrons. The lowest BCUT2D eigenvalue weighted by atomic mass is 10.0. The fourth-order valence-electron chi connectivity index (χ4n) is 3.69. The van der Waals surface area contributed by atoms with Crippen molar-refractivity contribution in [3.63, 3.8) is 0 Å². The van der Waals surface area contributed by atoms with Gasteiger partial charge in [-0.3, -0.25) is 9.69 Å². The number of hydrogen-bond acceptors (Lipinski definition) is 9. The number of rotatable bonds is 13. The Hall–Kier alpha value is -2.50. The van der Waals surface area contributed by atoms with Crippen molar-refractivity contribution in [1.82, 2.24) is 15.1 Å². The molecule has 0 aliphatic carbocycles. The first-order valence-corrected chi connectivity index (χ1v) is 13.4. The van der Waals surface area contributed by atoms with Crippen LogP contribution in [-0.2, 0) is 20.8 Å². The van der Waals surface area contributed by atoms with E-state index in [0.717, 1.165) is 37.7 Å². The van der Waals surface area contributed by atoms with Crippen LogP contribution in [0.15, 0.2) is 28.3 Å². The van der Waals surface area contributed by atoms with Crippen LogP contribution in [0.4, 0.5) is 4.39 Å². The molecule has 1 aliphatic rings. The quantitative estimate of drug-likeness (QED) is 0.177. The third-order valence-electron chi connectivity index (χ3n) is 5.64. The van der Waals surface area contributed by atoms with E-state index in [-0.39, 0.29) is 6.42 Å². The highest BCUT2D eigenvalue weighted by molar-refractivity contribution is 8.12. The van der Waals surface area contributed by atoms with E-state index >= 15 is 0 Å². The number of carbonyl (C=O) groups is 2. The smallest absolute Gasteiger partial charge is 0.317 e. The van der Waals surface area contributed by atoms with Crippen LogP contribution in [0.3, 0.4) is 0 Å². The summed E-state index contributed by atoms with van der Waals surface area (Å²) >= 11 is 0.846. The number of aldehydes is 1. The van der Waals surface area contributed by atoms with Gasteiger partial charge in [0.1, 0.15) is 24.5 Å². The summed E-state index contributed by atoms with van der Waals surface area (Å²) in [6, 6.07) is 5.55. The first-order valence-electron chi connectivity index (χ1n) is 12.5. The zero-order valence-electron chi connectivity index (χ0n) is 22.7. The molecule has 1 saturated heterocycles. The highest BCUT2D eigenvalue weighted by Gasteiger charge is 2.25. The second-order valence-corrected chi connectivity index (χ2v) is 10.2. The fourth-order valence-corrected chi connectivity index (χ4v) is 4.18. The van der Waals surface area contributed by atoms with Gasteiger partial charge >= 0.3 is 6.02 Å². The number of halogens is 1. The molecule has 2 rings (SSSR count). The summed E-state index contributed by atoms with van der Waals surface area (Å²) in [4.78, 5) is 35.7. The number of nitrogens with one attached hydrogen (secondary N) is 1. The van der Waals surface area contributed by atoms with Gasteiger partial charge in [-0.15, -0.1) is 0 Å². The molecule has 11 heteroatoms. The van der Waals surface area contributed by atoms with Gasteiger partial charge in [-0.2, -0.15) is 0 Å². The number of aliphatic imine (C=N–C) groups is 1. The Kier molecular flexibility index (Phi) is 16.4. The van der Waals surface area contributed by atoms with Crippen molar-refractivity contribution < 1.29 is 23.6 Å². The van der Waals surface area contributed by atoms with Gasteiger partial charge in [-0.1, -0.05) is 36.8 Å². The lowest BCUT2D eigenvalue weighted by molar-refractivity contribution is -0.107. The predicted molar refractivity (Wildman–Crippen MR) is 150 cm³/mol. The summed E-state index contributed by atoms with van der Waals surface area (Å²) in [5.41, 5.74) is 0.982. The molecule has 0 amide bonds. The normalized spacial score (nSPS) is 15.1. The number of thioether (sulfide) groups is 1. The molecular formula is C26H42FN5O4S. The Bertz CT molecular complexity index is 850. The Morgan fingerprint density at radius 1 is 1.32 bits per heavy atom. The van der Waals surface area contributed by atoms with Gasteiger partial charge in [0, 0.05) is 45.0 Å². The molecule has 0 bridgehead atoms. The summed E-state index contributed by atoms with van der Waals surface area (Å²) in [5.74, 6) is 0.435. The summed E-state index contributed by atoms with van der Waals surface area (Å²) in [6.45, 7) is 11.1. The number of carbonyl (C=O) groups excluding carboxylic acids is 2. The van der Waals surface area contributed by atoms with Crippen LogP contribution in [0.2, 0.25) is 0 Å². The lowest BCUT2D eigenvalue weighted by Crippen LogP contribution is -2.46. The molecule has 0 saturated carbocycles. The number of likely N-dealkylation sites (tertiary alicyclic amines) is 1. The summed E-state index contributed by atoms with van der Waals surface area (Å²) in [7, 11) is 5.81. The molecule has 1 aromatic carbocycles. The number of oxime groups is 1. The zero-order valence-corrected chi connectivity index (χ0v) is 23.5. The third kappa shape index (κ3) is 12.5. The van der Waals surface area contributed by atoms with E-state index in [2.05, 4.69) is 52.9 Å². The van der Waals surface area contributed by atoms with E-state index in [1.54, 1.807) is 12.1 Å². The molecule has 1 atom stereocenters. The fraction of sp³-hybridized carbons (Fsp3) is 0.615. The van der Waals surface area contributed by atoms with E-state index in [9.17, 15) is 14.0 Å². The predicted octanol–water partition coefficient (Wildman–Crippen LogP) is 3.11. The summed E-state index contributed by atoms with van der Waals surface area (Å²) in [5, 5.41) is 5.71. The maximum Gasteiger partial charge on any atom is 0.317 e. The third-order valence-corrected chi connectivity index (χ3v) is 6.38. The van der Waals surface area contributed by atoms with Gasteiger partial charge in [0.25, 0.3) is 0 Å². The van der Waals surface area contributed by atoms with Crippen LogP contribution in [0, 0.1) is 11.7 Å². The molecular weight excluding hydrogens is 497 g/mol. The number of benzene rings is 1. The Morgan fingerprint density at radius 2 is 2.00 bits per heavy atom. The molecule has 1 aromatic rings. The van der Waals surface area contributed by atoms with Gasteiger partial charge < -0.3 is 24.6 Å². The average molecular weight is 540 g/mol. The van der Waals surface area contributed by atoms with Crippen LogP contribution < -0.4 is 10.1 Å². The van der Waals surface area contributed by atoms with E-state index in [0.29, 0.717) is 60.9 Å². The van der Waals surface area contributed by atoms with Crippen molar-refractivity contribution in [2.75, 3.05) is 53.9 Å². The summed E-state index contributed by atoms with van der Waals surface area (Å²) < 4.78 is 20.1. The number of ether oxygens (including phenoxy) is 1. The first-order chi connectivity index (χ1) is 17.8. The van der Waals surface area contributed by atoms with Crippen molar-refractivity contribution >= 4 is 36.4 Å². The Morgan fingerprint density at radius 3 is 2.54 bits per heavy atom. The van der Waals surface area contributed by atoms with Crippen molar-refractivity contribution in [2.45, 2.75) is 44.4 Å². The number of nitrogens with zero attached hydrogens (tertiary/aromatic N) is 4. The minimum absolute atomic E-state index is 0.165. The maximum absolute atomic E-state index is 14.4. The second kappa shape index (κ2) is 18.7. The van der Waals surface area contributed by atoms with Crippen molar-refractivity contribution in [3.05, 3.63) is 29.6 Å². The summed E-state index contributed by atoms with van der Waals surface area (Å²) in [6.07, 6.45) is 2.74. The zero-order chi connectivity index (χ0) is 27.6. The number of likely N-dealkylation sites (N-methyl/N-ethyl adjacent to an activating group) is 1. The molecule has 1 unspecified atom stereocenters. The monoisotopic (exact) mass is 539 g/mol. The van der Waals surface area contributed by atoms with Gasteiger partial charge in [0.15, 0.2) is 5.62 Å². The van der Waals surface area contributed by atoms with Crippen molar-refractivity contribution in [2.24, 2.45) is 16.1 Å². The molecule has 208 valence electrons. The number of hydrogen-bond donors (Lipinski definition) is 1. The molecule has 37 heavy (non-hydrogen) atoms. The van der Waals surface area contributed by atoms with Gasteiger partial charge in [0.05, 0.1) is 5.25 Å². The van der Waals surface area contributed by atoms with Crippen molar-refractivity contribution in [1.29, 1.82) is 0 Å². The molecule has 1 fully saturated rings. The molecule has 1 aliphatic heterocycles. The SMILES string of the molecule is C=NOC(=NCC(C)C)N1CCC(N(C)CCOc2ccc(CC(C=O)SC=O)c(F)c2)CC1.CNC. The Labute approximate surface area is 224 Å². The van der Waals surface area contributed by atoms with E-state index in [4.69, 9.17) is 9.57 Å². The van der Waals surface area contributed by atoms with Crippen LogP contribution in [0.5, 0.6) is 5.75 Å². The van der Waals surface area contributed by atoms with Crippen molar-refractivity contribution in [3.8, 4) is 5.75 Å². The largest absolute Gasteiger partial charge is 0.492 e. The first kappa shape index (κ1) is 32.5. The minimum atomic E-state index is -0.587. The molecule has 9 nitrogen and oxygen atoms in total. The molecule has 0 spiro atoms. The average Bonchev–Trinajstić information content (AvgIpc) is 2.88. The van der Waals surface area contributed by atoms with Gasteiger partial charge in [-0.25, -0.2) is 9.38 Å². The lowest BCUT2D eigenvalue weighted by Gasteiger charge is -2.37. The maximum atomic E-state index is 14.4. The van der Waals surface area contributed by atoms with Gasteiger partial charge in [-0.05, 0) is 58.0 Å². The van der Waals surface area contributed by atoms with Crippen LogP contribution in [0.25, 0.3) is 0 Å². The highest BCUT2D eigenvalue weighted by atomic mass is 32.2. The Balaban J connectivity index is 0.00000217. The number of amidine groups is 1. The van der Waals surface area contributed by atoms with Crippen LogP contribution >= 0.6 is 11.8 Å². The molecule has 0 aromatic heterocycles.